The van der Waals surface area contributed by atoms with Gasteiger partial charge in [0.15, 0.2) is 5.78 Å². The van der Waals surface area contributed by atoms with Crippen LogP contribution in [0.5, 0.6) is 5.75 Å². The normalized spacial score (nSPS) is 19.3. The fourth-order valence-electron chi connectivity index (χ4n) is 5.37. The number of piperidine rings is 1. The largest absolute Gasteiger partial charge is 0.484 e. The van der Waals surface area contributed by atoms with Crippen LogP contribution in [-0.2, 0) is 5.41 Å². The highest BCUT2D eigenvalue weighted by atomic mass is 19.1. The quantitative estimate of drug-likeness (QED) is 0.428. The molecule has 2 heterocycles. The van der Waals surface area contributed by atoms with Gasteiger partial charge in [-0.25, -0.2) is 8.78 Å². The van der Waals surface area contributed by atoms with Crippen molar-refractivity contribution < 1.29 is 18.3 Å². The lowest BCUT2D eigenvalue weighted by molar-refractivity contribution is 0.0746. The van der Waals surface area contributed by atoms with E-state index >= 15 is 0 Å². The van der Waals surface area contributed by atoms with Crippen molar-refractivity contribution in [2.45, 2.75) is 37.2 Å². The average molecular weight is 448 g/mol. The van der Waals surface area contributed by atoms with E-state index in [9.17, 15) is 13.6 Å². The summed E-state index contributed by atoms with van der Waals surface area (Å²) in [5.74, 6) is 0.367. The Labute approximate surface area is 193 Å². The van der Waals surface area contributed by atoms with Crippen molar-refractivity contribution in [3.05, 3.63) is 101 Å². The molecule has 2 aliphatic heterocycles. The molecule has 0 saturated carbocycles. The van der Waals surface area contributed by atoms with E-state index < -0.39 is 0 Å². The molecule has 2 aliphatic rings. The monoisotopic (exact) mass is 447 g/mol. The molecule has 1 unspecified atom stereocenters. The Morgan fingerprint density at radius 3 is 2.45 bits per heavy atom. The molecule has 1 saturated heterocycles. The van der Waals surface area contributed by atoms with Crippen LogP contribution in [0.4, 0.5) is 8.78 Å². The summed E-state index contributed by atoms with van der Waals surface area (Å²) in [5.41, 5.74) is 2.48. The van der Waals surface area contributed by atoms with Crippen molar-refractivity contribution in [3.8, 4) is 5.75 Å². The number of ketones is 1. The number of ether oxygens (including phenoxy) is 1. The maximum atomic E-state index is 14.0. The molecule has 1 fully saturated rings. The highest BCUT2D eigenvalue weighted by Gasteiger charge is 2.50. The number of nitrogens with zero attached hydrogens (tertiary/aromatic N) is 1. The summed E-state index contributed by atoms with van der Waals surface area (Å²) >= 11 is 0. The molecule has 0 amide bonds. The van der Waals surface area contributed by atoms with Crippen molar-refractivity contribution in [1.29, 1.82) is 0 Å². The van der Waals surface area contributed by atoms with Crippen LogP contribution in [0, 0.1) is 11.6 Å². The number of carbonyl (C=O) groups is 1. The first-order valence-electron chi connectivity index (χ1n) is 11.6. The first-order chi connectivity index (χ1) is 16.0. The standard InChI is InChI=1S/C28H27F2NO2/c29-22-12-10-20(11-13-22)25(32)8-4-16-31-17-14-28(15-18-31)24-7-1-2-9-26(24)33-27(28)21-5-3-6-23(30)19-21/h1-3,5-7,9-13,19,27H,4,8,14-18H2. The predicted octanol–water partition coefficient (Wildman–Crippen LogP) is 6.10. The molecule has 5 heteroatoms. The summed E-state index contributed by atoms with van der Waals surface area (Å²) in [6.45, 7) is 2.64. The van der Waals surface area contributed by atoms with Crippen LogP contribution in [0.15, 0.2) is 72.8 Å². The first-order valence-corrected chi connectivity index (χ1v) is 11.6. The van der Waals surface area contributed by atoms with Crippen molar-refractivity contribution in [2.24, 2.45) is 0 Å². The molecule has 1 atom stereocenters. The highest BCUT2D eigenvalue weighted by Crippen LogP contribution is 2.55. The molecular formula is C28H27F2NO2. The van der Waals surface area contributed by atoms with E-state index in [1.807, 2.05) is 24.3 Å². The van der Waals surface area contributed by atoms with Crippen LogP contribution in [0.3, 0.4) is 0 Å². The van der Waals surface area contributed by atoms with Gasteiger partial charge in [-0.1, -0.05) is 30.3 Å². The fourth-order valence-corrected chi connectivity index (χ4v) is 5.37. The molecule has 3 aromatic rings. The first kappa shape index (κ1) is 21.8. The topological polar surface area (TPSA) is 29.5 Å². The number of likely N-dealkylation sites (tertiary alicyclic amines) is 1. The third kappa shape index (κ3) is 4.30. The molecule has 5 rings (SSSR count). The minimum absolute atomic E-state index is 0.0489. The smallest absolute Gasteiger partial charge is 0.162 e. The summed E-state index contributed by atoms with van der Waals surface area (Å²) in [7, 11) is 0. The molecule has 170 valence electrons. The van der Waals surface area contributed by atoms with Crippen molar-refractivity contribution >= 4 is 5.78 Å². The van der Waals surface area contributed by atoms with Crippen molar-refractivity contribution in [2.75, 3.05) is 19.6 Å². The van der Waals surface area contributed by atoms with Gasteiger partial charge in [0.25, 0.3) is 0 Å². The highest BCUT2D eigenvalue weighted by molar-refractivity contribution is 5.95. The summed E-state index contributed by atoms with van der Waals surface area (Å²) in [6, 6.07) is 20.7. The second-order valence-electron chi connectivity index (χ2n) is 9.08. The van der Waals surface area contributed by atoms with E-state index in [-0.39, 0.29) is 28.9 Å². The molecule has 0 N–H and O–H groups in total. The third-order valence-electron chi connectivity index (χ3n) is 7.11. The van der Waals surface area contributed by atoms with Gasteiger partial charge in [-0.3, -0.25) is 4.79 Å². The Morgan fingerprint density at radius 1 is 0.939 bits per heavy atom. The van der Waals surface area contributed by atoms with Gasteiger partial charge in [-0.15, -0.1) is 0 Å². The molecule has 0 radical (unpaired) electrons. The predicted molar refractivity (Wildman–Crippen MR) is 124 cm³/mol. The van der Waals surface area contributed by atoms with E-state index in [1.54, 1.807) is 24.3 Å². The number of hydrogen-bond acceptors (Lipinski definition) is 3. The lowest BCUT2D eigenvalue weighted by Gasteiger charge is -2.42. The van der Waals surface area contributed by atoms with E-state index in [4.69, 9.17) is 4.74 Å². The minimum Gasteiger partial charge on any atom is -0.484 e. The Kier molecular flexibility index (Phi) is 5.98. The van der Waals surface area contributed by atoms with Gasteiger partial charge >= 0.3 is 0 Å². The van der Waals surface area contributed by atoms with Gasteiger partial charge in [0.1, 0.15) is 23.5 Å². The van der Waals surface area contributed by atoms with Gasteiger partial charge < -0.3 is 9.64 Å². The zero-order valence-corrected chi connectivity index (χ0v) is 18.5. The van der Waals surface area contributed by atoms with Crippen LogP contribution in [0.1, 0.15) is 53.3 Å². The van der Waals surface area contributed by atoms with E-state index in [1.165, 1.54) is 23.8 Å². The molecule has 3 nitrogen and oxygen atoms in total. The van der Waals surface area contributed by atoms with Gasteiger partial charge in [0, 0.05) is 23.0 Å². The lowest BCUT2D eigenvalue weighted by atomic mass is 9.68. The fraction of sp³-hybridized carbons (Fsp3) is 0.321. The maximum Gasteiger partial charge on any atom is 0.162 e. The number of hydrogen-bond donors (Lipinski definition) is 0. The number of fused-ring (bicyclic) bond motifs is 2. The Morgan fingerprint density at radius 2 is 1.70 bits per heavy atom. The lowest BCUT2D eigenvalue weighted by Crippen LogP contribution is -2.45. The zero-order valence-electron chi connectivity index (χ0n) is 18.5. The Bertz CT molecular complexity index is 1140. The van der Waals surface area contributed by atoms with Crippen LogP contribution in [0.2, 0.25) is 0 Å². The van der Waals surface area contributed by atoms with E-state index in [0.717, 1.165) is 50.2 Å². The van der Waals surface area contributed by atoms with Crippen LogP contribution in [-0.4, -0.2) is 30.3 Å². The number of rotatable bonds is 6. The second-order valence-corrected chi connectivity index (χ2v) is 9.08. The van der Waals surface area contributed by atoms with Crippen LogP contribution in [0.25, 0.3) is 0 Å². The van der Waals surface area contributed by atoms with E-state index in [0.29, 0.717) is 12.0 Å². The van der Waals surface area contributed by atoms with Gasteiger partial charge in [-0.05, 0) is 86.9 Å². The van der Waals surface area contributed by atoms with Gasteiger partial charge in [0.2, 0.25) is 0 Å². The molecule has 0 bridgehead atoms. The Balaban J connectivity index is 1.25. The maximum absolute atomic E-state index is 14.0. The number of Topliss-reactive ketones (excluding diaryl/α,β-unsaturated/α-hetero) is 1. The number of para-hydroxylation sites is 1. The molecule has 33 heavy (non-hydrogen) atoms. The second kappa shape index (κ2) is 9.06. The summed E-state index contributed by atoms with van der Waals surface area (Å²) in [4.78, 5) is 14.8. The van der Waals surface area contributed by atoms with E-state index in [2.05, 4.69) is 11.0 Å². The number of halogens is 2. The Hall–Kier alpha value is -3.05. The van der Waals surface area contributed by atoms with Gasteiger partial charge in [-0.2, -0.15) is 0 Å². The average Bonchev–Trinajstić information content (AvgIpc) is 3.15. The third-order valence-corrected chi connectivity index (χ3v) is 7.11. The van der Waals surface area contributed by atoms with Crippen molar-refractivity contribution in [3.63, 3.8) is 0 Å². The molecule has 1 spiro atoms. The summed E-state index contributed by atoms with van der Waals surface area (Å²) in [5, 5.41) is 0. The zero-order chi connectivity index (χ0) is 22.8. The number of benzene rings is 3. The van der Waals surface area contributed by atoms with Crippen LogP contribution < -0.4 is 4.74 Å². The van der Waals surface area contributed by atoms with Crippen LogP contribution >= 0.6 is 0 Å². The molecule has 3 aromatic carbocycles. The molecule has 0 aliphatic carbocycles. The number of carbonyl (C=O) groups excluding carboxylic acids is 1. The summed E-state index contributed by atoms with van der Waals surface area (Å²) < 4.78 is 33.5. The van der Waals surface area contributed by atoms with Crippen molar-refractivity contribution in [1.82, 2.24) is 4.90 Å². The minimum atomic E-state index is -0.331. The molecule has 0 aromatic heterocycles. The molecular weight excluding hydrogens is 420 g/mol. The SMILES string of the molecule is O=C(CCCN1CCC2(CC1)c1ccccc1OC2c1cccc(F)c1)c1ccc(F)cc1. The summed E-state index contributed by atoms with van der Waals surface area (Å²) in [6.07, 6.45) is 2.84. The van der Waals surface area contributed by atoms with Gasteiger partial charge in [0.05, 0.1) is 0 Å².